The van der Waals surface area contributed by atoms with Gasteiger partial charge in [0.25, 0.3) is 0 Å². The molecule has 1 rings (SSSR count). The molecule has 0 amide bonds. The van der Waals surface area contributed by atoms with Gasteiger partial charge in [-0.05, 0) is 37.5 Å². The maximum atomic E-state index is 10.3. The molecule has 0 aliphatic rings. The molecule has 5 nitrogen and oxygen atoms in total. The molecule has 5 heteroatoms. The summed E-state index contributed by atoms with van der Waals surface area (Å²) in [5.74, 6) is 1.39. The first-order valence-corrected chi connectivity index (χ1v) is 9.36. The zero-order valence-electron chi connectivity index (χ0n) is 16.5. The second-order valence-electron chi connectivity index (χ2n) is 6.63. The van der Waals surface area contributed by atoms with Crippen molar-refractivity contribution < 1.29 is 24.2 Å². The molecular formula is C20H36NO4+. The fraction of sp³-hybridized carbons (Fsp3) is 0.700. The number of quaternary nitrogens is 1. The lowest BCUT2D eigenvalue weighted by atomic mass is 10.1. The Bertz CT molecular complexity index is 481. The Kier molecular flexibility index (Phi) is 10.5. The summed E-state index contributed by atoms with van der Waals surface area (Å²) in [5.41, 5.74) is 1.00. The molecule has 144 valence electrons. The number of benzene rings is 1. The Morgan fingerprint density at radius 2 is 1.84 bits per heavy atom. The van der Waals surface area contributed by atoms with Crippen molar-refractivity contribution in [2.45, 2.75) is 58.8 Å². The molecule has 0 saturated carbocycles. The van der Waals surface area contributed by atoms with Gasteiger partial charge < -0.3 is 24.2 Å². The lowest BCUT2D eigenvalue weighted by molar-refractivity contribution is -0.926. The summed E-state index contributed by atoms with van der Waals surface area (Å²) in [6.07, 6.45) is 3.06. The largest absolute Gasteiger partial charge is 0.493 e. The molecule has 0 aromatic heterocycles. The number of ether oxygens (including phenoxy) is 3. The zero-order valence-corrected chi connectivity index (χ0v) is 16.5. The van der Waals surface area contributed by atoms with E-state index in [4.69, 9.17) is 14.2 Å². The molecule has 1 aromatic rings. The second-order valence-corrected chi connectivity index (χ2v) is 6.63. The highest BCUT2D eigenvalue weighted by Crippen LogP contribution is 2.27. The minimum Gasteiger partial charge on any atom is -0.493 e. The van der Waals surface area contributed by atoms with E-state index < -0.39 is 6.10 Å². The standard InChI is InChI=1S/C20H35NO4/c1-6-8-11-21(16(3)7-2)13-18(22)15-25-14-17-9-10-19(23-4)20(12-17)24-5/h9-10,12,16,18,22H,6-8,11,13-15H2,1-5H3/p+1/t16-,18-/m0/s1. The third-order valence-corrected chi connectivity index (χ3v) is 4.69. The van der Waals surface area contributed by atoms with Crippen LogP contribution in [-0.4, -0.2) is 51.2 Å². The fourth-order valence-corrected chi connectivity index (χ4v) is 2.89. The first kappa shape index (κ1) is 21.7. The molecule has 0 heterocycles. The Labute approximate surface area is 152 Å². The van der Waals surface area contributed by atoms with Crippen LogP contribution in [0.2, 0.25) is 0 Å². The number of unbranched alkanes of at least 4 members (excludes halogenated alkanes) is 1. The van der Waals surface area contributed by atoms with Gasteiger partial charge in [0.15, 0.2) is 11.5 Å². The lowest BCUT2D eigenvalue weighted by Crippen LogP contribution is -3.16. The number of aliphatic hydroxyl groups is 1. The monoisotopic (exact) mass is 354 g/mol. The Morgan fingerprint density at radius 1 is 1.12 bits per heavy atom. The molecule has 0 saturated heterocycles. The maximum Gasteiger partial charge on any atom is 0.161 e. The van der Waals surface area contributed by atoms with Crippen LogP contribution in [0.4, 0.5) is 0 Å². The van der Waals surface area contributed by atoms with Gasteiger partial charge in [-0.15, -0.1) is 0 Å². The van der Waals surface area contributed by atoms with Crippen LogP contribution in [-0.2, 0) is 11.3 Å². The summed E-state index contributed by atoms with van der Waals surface area (Å²) in [7, 11) is 3.24. The quantitative estimate of drug-likeness (QED) is 0.569. The molecule has 3 atom stereocenters. The predicted octanol–water partition coefficient (Wildman–Crippen LogP) is 2.06. The highest BCUT2D eigenvalue weighted by molar-refractivity contribution is 5.42. The zero-order chi connectivity index (χ0) is 18.7. The van der Waals surface area contributed by atoms with Crippen LogP contribution in [0.25, 0.3) is 0 Å². The van der Waals surface area contributed by atoms with Gasteiger partial charge in [-0.1, -0.05) is 26.3 Å². The van der Waals surface area contributed by atoms with Crippen LogP contribution in [0, 0.1) is 0 Å². The molecule has 1 aromatic carbocycles. The van der Waals surface area contributed by atoms with Crippen molar-refractivity contribution in [3.05, 3.63) is 23.8 Å². The van der Waals surface area contributed by atoms with E-state index in [-0.39, 0.29) is 0 Å². The van der Waals surface area contributed by atoms with Gasteiger partial charge in [0.05, 0.1) is 40.0 Å². The van der Waals surface area contributed by atoms with E-state index in [9.17, 15) is 5.11 Å². The number of nitrogens with one attached hydrogen (secondary N) is 1. The van der Waals surface area contributed by atoms with Crippen molar-refractivity contribution in [1.29, 1.82) is 0 Å². The Hall–Kier alpha value is -1.30. The number of hydrogen-bond donors (Lipinski definition) is 2. The average Bonchev–Trinajstić information content (AvgIpc) is 2.64. The molecule has 0 fully saturated rings. The second kappa shape index (κ2) is 12.1. The maximum absolute atomic E-state index is 10.3. The highest BCUT2D eigenvalue weighted by Gasteiger charge is 2.19. The molecule has 0 bridgehead atoms. The van der Waals surface area contributed by atoms with Crippen LogP contribution in [0.3, 0.4) is 0 Å². The Morgan fingerprint density at radius 3 is 2.44 bits per heavy atom. The van der Waals surface area contributed by atoms with Crippen LogP contribution in [0.1, 0.15) is 45.6 Å². The summed E-state index contributed by atoms with van der Waals surface area (Å²) in [4.78, 5) is 1.46. The van der Waals surface area contributed by atoms with E-state index in [1.165, 1.54) is 17.7 Å². The van der Waals surface area contributed by atoms with E-state index in [1.807, 2.05) is 18.2 Å². The molecule has 0 aliphatic carbocycles. The van der Waals surface area contributed by atoms with Crippen LogP contribution < -0.4 is 14.4 Å². The number of hydrogen-bond acceptors (Lipinski definition) is 4. The molecule has 2 N–H and O–H groups in total. The summed E-state index contributed by atoms with van der Waals surface area (Å²) < 4.78 is 16.2. The SMILES string of the molecule is CCCC[NH+](C[C@H](O)COCc1ccc(OC)c(OC)c1)[C@@H](C)CC. The van der Waals surface area contributed by atoms with E-state index in [2.05, 4.69) is 20.8 Å². The number of aliphatic hydroxyl groups excluding tert-OH is 1. The molecule has 0 spiro atoms. The van der Waals surface area contributed by atoms with Crippen LogP contribution in [0.5, 0.6) is 11.5 Å². The molecule has 1 unspecified atom stereocenters. The highest BCUT2D eigenvalue weighted by atomic mass is 16.5. The van der Waals surface area contributed by atoms with Crippen molar-refractivity contribution in [3.63, 3.8) is 0 Å². The van der Waals surface area contributed by atoms with Gasteiger partial charge >= 0.3 is 0 Å². The topological polar surface area (TPSA) is 52.4 Å². The first-order valence-electron chi connectivity index (χ1n) is 9.36. The van der Waals surface area contributed by atoms with Gasteiger partial charge in [-0.2, -0.15) is 0 Å². The van der Waals surface area contributed by atoms with Crippen molar-refractivity contribution >= 4 is 0 Å². The van der Waals surface area contributed by atoms with Gasteiger partial charge in [-0.3, -0.25) is 0 Å². The number of methoxy groups -OCH3 is 2. The predicted molar refractivity (Wildman–Crippen MR) is 101 cm³/mol. The third kappa shape index (κ3) is 7.63. The summed E-state index contributed by atoms with van der Waals surface area (Å²) >= 11 is 0. The van der Waals surface area contributed by atoms with Crippen LogP contribution in [0.15, 0.2) is 18.2 Å². The van der Waals surface area contributed by atoms with Crippen molar-refractivity contribution in [2.24, 2.45) is 0 Å². The molecular weight excluding hydrogens is 318 g/mol. The Balaban J connectivity index is 2.46. The van der Waals surface area contributed by atoms with E-state index in [0.717, 1.165) is 25.1 Å². The average molecular weight is 355 g/mol. The van der Waals surface area contributed by atoms with Gasteiger partial charge in [0.2, 0.25) is 0 Å². The molecule has 0 radical (unpaired) electrons. The third-order valence-electron chi connectivity index (χ3n) is 4.69. The van der Waals surface area contributed by atoms with Gasteiger partial charge in [0.1, 0.15) is 12.6 Å². The lowest BCUT2D eigenvalue weighted by Gasteiger charge is -2.27. The normalized spacial score (nSPS) is 14.8. The summed E-state index contributed by atoms with van der Waals surface area (Å²) in [5, 5.41) is 10.3. The minimum absolute atomic E-state index is 0.348. The summed E-state index contributed by atoms with van der Waals surface area (Å²) in [6, 6.07) is 6.29. The smallest absolute Gasteiger partial charge is 0.161 e. The molecule has 0 aliphatic heterocycles. The first-order chi connectivity index (χ1) is 12.0. The van der Waals surface area contributed by atoms with Crippen LogP contribution >= 0.6 is 0 Å². The van der Waals surface area contributed by atoms with E-state index in [1.54, 1.807) is 14.2 Å². The fourth-order valence-electron chi connectivity index (χ4n) is 2.89. The van der Waals surface area contributed by atoms with Crippen molar-refractivity contribution in [2.75, 3.05) is 33.9 Å². The minimum atomic E-state index is -0.444. The number of rotatable bonds is 13. The summed E-state index contributed by atoms with van der Waals surface area (Å²) in [6.45, 7) is 9.31. The van der Waals surface area contributed by atoms with Crippen molar-refractivity contribution in [1.82, 2.24) is 0 Å². The molecule has 25 heavy (non-hydrogen) atoms. The van der Waals surface area contributed by atoms with Gasteiger partial charge in [-0.25, -0.2) is 0 Å². The van der Waals surface area contributed by atoms with Gasteiger partial charge in [0, 0.05) is 0 Å². The van der Waals surface area contributed by atoms with E-state index in [0.29, 0.717) is 30.8 Å². The van der Waals surface area contributed by atoms with Crippen molar-refractivity contribution in [3.8, 4) is 11.5 Å². The van der Waals surface area contributed by atoms with E-state index >= 15 is 0 Å².